The summed E-state index contributed by atoms with van der Waals surface area (Å²) in [5.74, 6) is 0. The Morgan fingerprint density at radius 1 is 0.388 bits per heavy atom. The van der Waals surface area contributed by atoms with Crippen molar-refractivity contribution in [3.63, 3.8) is 0 Å². The fraction of sp³-hybridized carbons (Fsp3) is 0. The molecule has 11 rings (SSSR count). The largest absolute Gasteiger partial charge is 0.456 e. The molecule has 0 radical (unpaired) electrons. The molecule has 0 saturated heterocycles. The molecule has 0 atom stereocenters. The second kappa shape index (κ2) is 9.96. The van der Waals surface area contributed by atoms with E-state index in [9.17, 15) is 0 Å². The van der Waals surface area contributed by atoms with Crippen LogP contribution >= 0.6 is 0 Å². The van der Waals surface area contributed by atoms with Crippen LogP contribution in [0.1, 0.15) is 0 Å². The summed E-state index contributed by atoms with van der Waals surface area (Å²) in [5.41, 5.74) is 13.7. The zero-order valence-electron chi connectivity index (χ0n) is 26.5. The lowest BCUT2D eigenvalue weighted by Gasteiger charge is -2.34. The van der Waals surface area contributed by atoms with E-state index in [0.29, 0.717) is 0 Å². The topological polar surface area (TPSA) is 21.3 Å². The molecule has 8 aromatic carbocycles. The summed E-state index contributed by atoms with van der Waals surface area (Å²) in [5, 5.41) is 7.28. The van der Waals surface area contributed by atoms with E-state index in [-0.39, 0.29) is 0 Å². The van der Waals surface area contributed by atoms with Crippen LogP contribution in [0.2, 0.25) is 0 Å². The fourth-order valence-electron chi connectivity index (χ4n) is 8.26. The van der Waals surface area contributed by atoms with Crippen molar-refractivity contribution in [2.75, 3.05) is 4.90 Å². The van der Waals surface area contributed by atoms with Gasteiger partial charge in [-0.3, -0.25) is 0 Å². The van der Waals surface area contributed by atoms with E-state index in [1.165, 1.54) is 66.2 Å². The van der Waals surface area contributed by atoms with Gasteiger partial charge in [0.15, 0.2) is 0 Å². The monoisotopic (exact) mass is 624 g/mol. The predicted molar refractivity (Wildman–Crippen MR) is 205 cm³/mol. The number of para-hydroxylation sites is 4. The molecular weight excluding hydrogens is 597 g/mol. The third-order valence-electron chi connectivity index (χ3n) is 10.3. The number of rotatable bonds is 3. The molecule has 0 fully saturated rings. The Morgan fingerprint density at radius 2 is 1.06 bits per heavy atom. The van der Waals surface area contributed by atoms with E-state index in [4.69, 9.17) is 4.42 Å². The van der Waals surface area contributed by atoms with Crippen molar-refractivity contribution in [1.29, 1.82) is 0 Å². The van der Waals surface area contributed by atoms with Gasteiger partial charge in [-0.2, -0.15) is 0 Å². The molecule has 1 aliphatic rings. The van der Waals surface area contributed by atoms with E-state index in [2.05, 4.69) is 173 Å². The van der Waals surface area contributed by atoms with Crippen LogP contribution in [0.4, 0.5) is 17.1 Å². The van der Waals surface area contributed by atoms with Gasteiger partial charge >= 0.3 is 0 Å². The maximum absolute atomic E-state index is 6.41. The van der Waals surface area contributed by atoms with Gasteiger partial charge in [-0.25, -0.2) is 0 Å². The maximum atomic E-state index is 6.41. The van der Waals surface area contributed by atoms with Crippen LogP contribution in [0.15, 0.2) is 174 Å². The molecule has 0 spiro atoms. The van der Waals surface area contributed by atoms with E-state index in [1.807, 2.05) is 6.07 Å². The molecule has 49 heavy (non-hydrogen) atoms. The number of furan rings is 1. The average molecular weight is 625 g/mol. The van der Waals surface area contributed by atoms with Crippen molar-refractivity contribution in [3.05, 3.63) is 170 Å². The van der Waals surface area contributed by atoms with Crippen LogP contribution in [0.5, 0.6) is 0 Å². The third-order valence-corrected chi connectivity index (χ3v) is 10.3. The van der Waals surface area contributed by atoms with Gasteiger partial charge < -0.3 is 13.9 Å². The van der Waals surface area contributed by atoms with Crippen molar-refractivity contribution < 1.29 is 4.42 Å². The van der Waals surface area contributed by atoms with Crippen LogP contribution in [0.25, 0.3) is 82.5 Å². The molecule has 10 aromatic rings. The Morgan fingerprint density at radius 3 is 1.92 bits per heavy atom. The van der Waals surface area contributed by atoms with Gasteiger partial charge in [-0.05, 0) is 88.8 Å². The molecule has 3 nitrogen and oxygen atoms in total. The number of anilines is 3. The van der Waals surface area contributed by atoms with Gasteiger partial charge in [0.1, 0.15) is 11.2 Å². The predicted octanol–water partition coefficient (Wildman–Crippen LogP) is 13.0. The minimum Gasteiger partial charge on any atom is -0.456 e. The SMILES string of the molecule is c1ccc(N2c3cccc4c(-c5ccc6c(c5)c5ccccc5n6-c5ccccc5)ccc(c34)-c3ccc4oc5ccccc5c4c32)cc1. The Hall–Kier alpha value is -6.58. The van der Waals surface area contributed by atoms with Crippen molar-refractivity contribution in [3.8, 4) is 27.9 Å². The van der Waals surface area contributed by atoms with Crippen molar-refractivity contribution in [2.45, 2.75) is 0 Å². The summed E-state index contributed by atoms with van der Waals surface area (Å²) in [6, 6.07) is 61.3. The maximum Gasteiger partial charge on any atom is 0.137 e. The third kappa shape index (κ3) is 3.67. The molecule has 3 heterocycles. The van der Waals surface area contributed by atoms with Crippen molar-refractivity contribution in [2.24, 2.45) is 0 Å². The minimum atomic E-state index is 0.899. The molecule has 0 saturated carbocycles. The van der Waals surface area contributed by atoms with E-state index >= 15 is 0 Å². The molecule has 1 aliphatic heterocycles. The van der Waals surface area contributed by atoms with Crippen LogP contribution in [0, 0.1) is 0 Å². The van der Waals surface area contributed by atoms with Gasteiger partial charge in [0, 0.05) is 38.5 Å². The highest BCUT2D eigenvalue weighted by atomic mass is 16.3. The van der Waals surface area contributed by atoms with Gasteiger partial charge in [-0.1, -0.05) is 103 Å². The molecule has 0 unspecified atom stereocenters. The van der Waals surface area contributed by atoms with Crippen LogP contribution in [-0.2, 0) is 0 Å². The number of nitrogens with zero attached hydrogens (tertiary/aromatic N) is 2. The lowest BCUT2D eigenvalue weighted by Crippen LogP contribution is -2.15. The molecule has 2 aromatic heterocycles. The lowest BCUT2D eigenvalue weighted by molar-refractivity contribution is 0.669. The number of hydrogen-bond donors (Lipinski definition) is 0. The van der Waals surface area contributed by atoms with E-state index in [0.717, 1.165) is 33.3 Å². The molecule has 0 N–H and O–H groups in total. The first-order valence-corrected chi connectivity index (χ1v) is 16.8. The van der Waals surface area contributed by atoms with Gasteiger partial charge in [0.25, 0.3) is 0 Å². The molecule has 228 valence electrons. The zero-order valence-corrected chi connectivity index (χ0v) is 26.5. The second-order valence-electron chi connectivity index (χ2n) is 12.9. The Labute approximate surface area is 282 Å². The molecule has 3 heteroatoms. The van der Waals surface area contributed by atoms with Gasteiger partial charge in [-0.15, -0.1) is 0 Å². The number of aromatic nitrogens is 1. The zero-order chi connectivity index (χ0) is 32.1. The first-order chi connectivity index (χ1) is 24.3. The number of fused-ring (bicyclic) bond motifs is 9. The van der Waals surface area contributed by atoms with Crippen LogP contribution < -0.4 is 4.90 Å². The quantitative estimate of drug-likeness (QED) is 0.195. The highest BCUT2D eigenvalue weighted by Crippen LogP contribution is 2.55. The first-order valence-electron chi connectivity index (χ1n) is 16.8. The number of hydrogen-bond acceptors (Lipinski definition) is 2. The summed E-state index contributed by atoms with van der Waals surface area (Å²) >= 11 is 0. The summed E-state index contributed by atoms with van der Waals surface area (Å²) in [6.07, 6.45) is 0. The highest BCUT2D eigenvalue weighted by molar-refractivity contribution is 6.24. The van der Waals surface area contributed by atoms with Crippen molar-refractivity contribution >= 4 is 71.6 Å². The Kier molecular flexibility index (Phi) is 5.38. The van der Waals surface area contributed by atoms with Crippen LogP contribution in [0.3, 0.4) is 0 Å². The average Bonchev–Trinajstić information content (AvgIpc) is 3.71. The minimum absolute atomic E-state index is 0.899. The van der Waals surface area contributed by atoms with E-state index < -0.39 is 0 Å². The molecule has 0 amide bonds. The molecule has 0 bridgehead atoms. The first kappa shape index (κ1) is 26.5. The van der Waals surface area contributed by atoms with Crippen molar-refractivity contribution in [1.82, 2.24) is 4.57 Å². The number of benzene rings is 8. The molecular formula is C46H28N2O. The summed E-state index contributed by atoms with van der Waals surface area (Å²) in [7, 11) is 0. The summed E-state index contributed by atoms with van der Waals surface area (Å²) in [6.45, 7) is 0. The summed E-state index contributed by atoms with van der Waals surface area (Å²) in [4.78, 5) is 2.44. The highest BCUT2D eigenvalue weighted by Gasteiger charge is 2.30. The van der Waals surface area contributed by atoms with Gasteiger partial charge in [0.05, 0.1) is 27.8 Å². The summed E-state index contributed by atoms with van der Waals surface area (Å²) < 4.78 is 8.78. The molecule has 0 aliphatic carbocycles. The fourth-order valence-corrected chi connectivity index (χ4v) is 8.26. The standard InChI is InChI=1S/C46H28N2O/c1-3-12-30(13-4-1)47-39-19-9-7-16-33(39)38-28-29(22-26-40(38)47)32-23-24-35-36-25-27-43-45(37-17-8-10-21-42(37)49-43)46(36)48(31-14-5-2-6-15-31)41-20-11-18-34(32)44(35)41/h1-28H. The lowest BCUT2D eigenvalue weighted by atomic mass is 9.86. The normalized spacial score (nSPS) is 12.4. The Balaban J connectivity index is 1.20. The van der Waals surface area contributed by atoms with Crippen LogP contribution in [-0.4, -0.2) is 4.57 Å². The van der Waals surface area contributed by atoms with E-state index in [1.54, 1.807) is 0 Å². The second-order valence-corrected chi connectivity index (χ2v) is 12.9. The van der Waals surface area contributed by atoms with Gasteiger partial charge in [0.2, 0.25) is 0 Å². The smallest absolute Gasteiger partial charge is 0.137 e. The Bertz CT molecular complexity index is 2930.